The van der Waals surface area contributed by atoms with Gasteiger partial charge in [-0.2, -0.15) is 0 Å². The second-order valence-electron chi connectivity index (χ2n) is 10.0. The van der Waals surface area contributed by atoms with E-state index in [0.29, 0.717) is 25.4 Å². The number of benzene rings is 3. The van der Waals surface area contributed by atoms with E-state index in [9.17, 15) is 13.2 Å². The highest BCUT2D eigenvalue weighted by molar-refractivity contribution is 7.90. The fraction of sp³-hybridized carbons (Fsp3) is 0.344. The zero-order chi connectivity index (χ0) is 28.0. The van der Waals surface area contributed by atoms with Crippen molar-refractivity contribution in [2.75, 3.05) is 18.6 Å². The molecule has 6 nitrogen and oxygen atoms in total. The first-order chi connectivity index (χ1) is 18.6. The highest BCUT2D eigenvalue weighted by Crippen LogP contribution is 2.39. The fourth-order valence-electron chi connectivity index (χ4n) is 5.00. The minimum absolute atomic E-state index is 0.0339. The van der Waals surface area contributed by atoms with Crippen molar-refractivity contribution in [1.82, 2.24) is 0 Å². The Morgan fingerprint density at radius 2 is 1.74 bits per heavy atom. The third kappa shape index (κ3) is 7.64. The summed E-state index contributed by atoms with van der Waals surface area (Å²) in [6.07, 6.45) is 3.55. The molecule has 1 aliphatic rings. The summed E-state index contributed by atoms with van der Waals surface area (Å²) in [5, 5.41) is 9.16. The van der Waals surface area contributed by atoms with E-state index in [4.69, 9.17) is 14.6 Å². The van der Waals surface area contributed by atoms with E-state index in [-0.39, 0.29) is 18.1 Å². The maximum atomic E-state index is 11.4. The lowest BCUT2D eigenvalue weighted by Crippen LogP contribution is -2.10. The van der Waals surface area contributed by atoms with E-state index in [0.717, 1.165) is 35.3 Å². The molecule has 3 aromatic carbocycles. The highest BCUT2D eigenvalue weighted by Gasteiger charge is 2.20. The van der Waals surface area contributed by atoms with Gasteiger partial charge in [0.2, 0.25) is 0 Å². The summed E-state index contributed by atoms with van der Waals surface area (Å²) >= 11 is 0. The average molecular weight is 547 g/mol. The summed E-state index contributed by atoms with van der Waals surface area (Å²) in [5.74, 6) is 6.18. The number of fused-ring (bicyclic) bond motifs is 3. The number of aliphatic carboxylic acids is 1. The molecule has 1 N–H and O–H groups in total. The first kappa shape index (κ1) is 28.3. The summed E-state index contributed by atoms with van der Waals surface area (Å²) in [6, 6.07) is 18.0. The minimum Gasteiger partial charge on any atom is -0.494 e. The lowest BCUT2D eigenvalue weighted by atomic mass is 9.82. The van der Waals surface area contributed by atoms with Crippen LogP contribution in [0.15, 0.2) is 54.6 Å². The van der Waals surface area contributed by atoms with Crippen LogP contribution in [0.25, 0.3) is 11.1 Å². The van der Waals surface area contributed by atoms with Gasteiger partial charge < -0.3 is 14.6 Å². The molecular weight excluding hydrogens is 512 g/mol. The van der Waals surface area contributed by atoms with Gasteiger partial charge in [-0.25, -0.2) is 8.42 Å². The molecule has 204 valence electrons. The monoisotopic (exact) mass is 546 g/mol. The Morgan fingerprint density at radius 3 is 2.44 bits per heavy atom. The van der Waals surface area contributed by atoms with Crippen LogP contribution >= 0.6 is 0 Å². The van der Waals surface area contributed by atoms with Gasteiger partial charge in [0, 0.05) is 6.26 Å². The molecule has 4 rings (SSSR count). The van der Waals surface area contributed by atoms with E-state index in [1.807, 2.05) is 30.3 Å². The second kappa shape index (κ2) is 12.4. The van der Waals surface area contributed by atoms with Gasteiger partial charge in [0.15, 0.2) is 0 Å². The topological polar surface area (TPSA) is 89.9 Å². The standard InChI is InChI=1S/C32H34O6S/c1-4-6-26(20-31(33)34)24-11-13-28(14-12-24)38-21-23-7-8-25-9-10-27-19-29(37-15-5-16-39(3,35)36)17-22(2)32(27)30(25)18-23/h7-8,11-14,17-19,26H,5,9-10,15-16,20-21H2,1-3H3,(H,33,34)/t26-/m0/s1. The van der Waals surface area contributed by atoms with Crippen LogP contribution in [-0.4, -0.2) is 38.1 Å². The molecule has 0 spiro atoms. The van der Waals surface area contributed by atoms with Crippen LogP contribution in [0, 0.1) is 18.8 Å². The van der Waals surface area contributed by atoms with Crippen LogP contribution in [0.2, 0.25) is 0 Å². The van der Waals surface area contributed by atoms with Crippen LogP contribution in [0.1, 0.15) is 53.5 Å². The first-order valence-electron chi connectivity index (χ1n) is 13.1. The van der Waals surface area contributed by atoms with Crippen LogP contribution in [0.3, 0.4) is 0 Å². The van der Waals surface area contributed by atoms with Gasteiger partial charge in [-0.15, -0.1) is 5.92 Å². The number of aryl methyl sites for hydroxylation is 3. The lowest BCUT2D eigenvalue weighted by Gasteiger charge is -2.24. The largest absolute Gasteiger partial charge is 0.494 e. The summed E-state index contributed by atoms with van der Waals surface area (Å²) < 4.78 is 34.7. The van der Waals surface area contributed by atoms with E-state index >= 15 is 0 Å². The molecule has 0 bridgehead atoms. The summed E-state index contributed by atoms with van der Waals surface area (Å²) in [6.45, 7) is 4.58. The Bertz CT molecular complexity index is 1510. The number of hydrogen-bond donors (Lipinski definition) is 1. The zero-order valence-electron chi connectivity index (χ0n) is 22.6. The number of carbonyl (C=O) groups is 1. The number of carboxylic acids is 1. The first-order valence-corrected chi connectivity index (χ1v) is 15.1. The molecule has 1 atom stereocenters. The van der Waals surface area contributed by atoms with Crippen molar-refractivity contribution in [3.8, 4) is 34.5 Å². The maximum Gasteiger partial charge on any atom is 0.304 e. The Kier molecular flexibility index (Phi) is 8.98. The lowest BCUT2D eigenvalue weighted by molar-refractivity contribution is -0.137. The third-order valence-corrected chi connectivity index (χ3v) is 7.84. The molecule has 0 radical (unpaired) electrons. The predicted molar refractivity (Wildman–Crippen MR) is 153 cm³/mol. The van der Waals surface area contributed by atoms with E-state index in [2.05, 4.69) is 43.0 Å². The molecule has 7 heteroatoms. The van der Waals surface area contributed by atoms with Crippen LogP contribution in [-0.2, 0) is 34.1 Å². The van der Waals surface area contributed by atoms with Crippen molar-refractivity contribution < 1.29 is 27.8 Å². The normalized spacial score (nSPS) is 12.9. The molecule has 0 aromatic heterocycles. The number of ether oxygens (including phenoxy) is 2. The van der Waals surface area contributed by atoms with Gasteiger partial charge in [-0.1, -0.05) is 30.2 Å². The SMILES string of the molecule is CC#C[C@@H](CC(=O)O)c1ccc(OCc2ccc3c(c2)-c2c(C)cc(OCCCS(C)(=O)=O)cc2CC3)cc1. The van der Waals surface area contributed by atoms with Gasteiger partial charge in [0.1, 0.15) is 27.9 Å². The van der Waals surface area contributed by atoms with Gasteiger partial charge in [0.05, 0.1) is 24.7 Å². The summed E-state index contributed by atoms with van der Waals surface area (Å²) in [4.78, 5) is 11.2. The van der Waals surface area contributed by atoms with Crippen molar-refractivity contribution >= 4 is 15.8 Å². The van der Waals surface area contributed by atoms with Crippen LogP contribution < -0.4 is 9.47 Å². The summed E-state index contributed by atoms with van der Waals surface area (Å²) in [5.41, 5.74) is 8.04. The Balaban J connectivity index is 1.45. The van der Waals surface area contributed by atoms with Gasteiger partial charge in [-0.3, -0.25) is 4.79 Å². The molecule has 1 aliphatic carbocycles. The molecule has 0 saturated heterocycles. The molecule has 0 saturated carbocycles. The number of sulfone groups is 1. The van der Waals surface area contributed by atoms with Crippen molar-refractivity contribution in [3.63, 3.8) is 0 Å². The van der Waals surface area contributed by atoms with Gasteiger partial charge >= 0.3 is 5.97 Å². The predicted octanol–water partition coefficient (Wildman–Crippen LogP) is 5.73. The average Bonchev–Trinajstić information content (AvgIpc) is 2.89. The van der Waals surface area contributed by atoms with Crippen LogP contribution in [0.4, 0.5) is 0 Å². The number of hydrogen-bond acceptors (Lipinski definition) is 5. The molecule has 3 aromatic rings. The van der Waals surface area contributed by atoms with Gasteiger partial charge in [-0.05, 0) is 102 Å². The number of rotatable bonds is 11. The fourth-order valence-corrected chi connectivity index (χ4v) is 5.64. The van der Waals surface area contributed by atoms with Crippen molar-refractivity contribution in [1.29, 1.82) is 0 Å². The minimum atomic E-state index is -2.99. The third-order valence-electron chi connectivity index (χ3n) is 6.81. The molecular formula is C32H34O6S. The second-order valence-corrected chi connectivity index (χ2v) is 12.3. The van der Waals surface area contributed by atoms with Crippen LogP contribution in [0.5, 0.6) is 11.5 Å². The maximum absolute atomic E-state index is 11.4. The molecule has 0 aliphatic heterocycles. The van der Waals surface area contributed by atoms with Crippen molar-refractivity contribution in [2.45, 2.75) is 52.1 Å². The van der Waals surface area contributed by atoms with Crippen molar-refractivity contribution in [2.24, 2.45) is 0 Å². The molecule has 0 unspecified atom stereocenters. The van der Waals surface area contributed by atoms with E-state index in [1.165, 1.54) is 28.5 Å². The molecule has 0 fully saturated rings. The smallest absolute Gasteiger partial charge is 0.304 e. The van der Waals surface area contributed by atoms with Gasteiger partial charge in [0.25, 0.3) is 0 Å². The molecule has 39 heavy (non-hydrogen) atoms. The number of carboxylic acid groups (broad SMARTS) is 1. The van der Waals surface area contributed by atoms with E-state index < -0.39 is 15.8 Å². The van der Waals surface area contributed by atoms with E-state index in [1.54, 1.807) is 6.92 Å². The Morgan fingerprint density at radius 1 is 1.00 bits per heavy atom. The molecule has 0 heterocycles. The quantitative estimate of drug-likeness (QED) is 0.244. The Labute approximate surface area is 230 Å². The highest BCUT2D eigenvalue weighted by atomic mass is 32.2. The Hall–Kier alpha value is -3.76. The zero-order valence-corrected chi connectivity index (χ0v) is 23.4. The summed E-state index contributed by atoms with van der Waals surface area (Å²) in [7, 11) is -2.99. The van der Waals surface area contributed by atoms with Crippen molar-refractivity contribution in [3.05, 3.63) is 82.4 Å². The molecule has 0 amide bonds.